The van der Waals surface area contributed by atoms with Gasteiger partial charge in [-0.25, -0.2) is 4.79 Å². The van der Waals surface area contributed by atoms with Crippen molar-refractivity contribution in [3.8, 4) is 0 Å². The van der Waals surface area contributed by atoms with Crippen LogP contribution < -0.4 is 11.1 Å². The van der Waals surface area contributed by atoms with E-state index in [2.05, 4.69) is 10.2 Å². The van der Waals surface area contributed by atoms with Crippen LogP contribution in [0.5, 0.6) is 0 Å². The summed E-state index contributed by atoms with van der Waals surface area (Å²) < 4.78 is 5.27. The molecule has 0 spiro atoms. The molecule has 6 heteroatoms. The van der Waals surface area contributed by atoms with E-state index in [4.69, 9.17) is 15.6 Å². The van der Waals surface area contributed by atoms with Crippen molar-refractivity contribution in [2.45, 2.75) is 12.5 Å². The van der Waals surface area contributed by atoms with Gasteiger partial charge in [0.15, 0.2) is 0 Å². The highest BCUT2D eigenvalue weighted by molar-refractivity contribution is 5.64. The Kier molecular flexibility index (Phi) is 5.38. The summed E-state index contributed by atoms with van der Waals surface area (Å²) in [5.41, 5.74) is 5.75. The standard InChI is InChI=1S/C9H19N3O3/c10-8-1-3-12(7-8)4-6-15-5-2-11-9(13)14/h8,11H,1-7,10H2,(H,13,14)/t8-/m0/s1. The molecule has 1 saturated heterocycles. The first-order valence-corrected chi connectivity index (χ1v) is 5.21. The predicted molar refractivity (Wildman–Crippen MR) is 55.9 cm³/mol. The fourth-order valence-corrected chi connectivity index (χ4v) is 1.59. The molecule has 1 atom stereocenters. The fraction of sp³-hybridized carbons (Fsp3) is 0.889. The van der Waals surface area contributed by atoms with E-state index >= 15 is 0 Å². The highest BCUT2D eigenvalue weighted by atomic mass is 16.5. The molecular formula is C9H19N3O3. The molecule has 0 unspecified atom stereocenters. The summed E-state index contributed by atoms with van der Waals surface area (Å²) in [4.78, 5) is 12.3. The summed E-state index contributed by atoms with van der Waals surface area (Å²) >= 11 is 0. The van der Waals surface area contributed by atoms with Crippen LogP contribution in [-0.2, 0) is 4.74 Å². The van der Waals surface area contributed by atoms with Gasteiger partial charge in [-0.2, -0.15) is 0 Å². The van der Waals surface area contributed by atoms with Crippen LogP contribution in [0.1, 0.15) is 6.42 Å². The quantitative estimate of drug-likeness (QED) is 0.512. The zero-order chi connectivity index (χ0) is 11.1. The zero-order valence-electron chi connectivity index (χ0n) is 8.82. The van der Waals surface area contributed by atoms with Gasteiger partial charge in [0, 0.05) is 25.7 Å². The first kappa shape index (κ1) is 12.2. The Balaban J connectivity index is 1.87. The van der Waals surface area contributed by atoms with Crippen LogP contribution in [0.2, 0.25) is 0 Å². The van der Waals surface area contributed by atoms with Crippen LogP contribution in [0.4, 0.5) is 4.79 Å². The van der Waals surface area contributed by atoms with Gasteiger partial charge in [0.1, 0.15) is 0 Å². The molecule has 1 aliphatic rings. The van der Waals surface area contributed by atoms with Crippen LogP contribution in [0.3, 0.4) is 0 Å². The summed E-state index contributed by atoms with van der Waals surface area (Å²) in [5, 5.41) is 10.5. The molecule has 0 aliphatic carbocycles. The Morgan fingerprint density at radius 2 is 2.40 bits per heavy atom. The van der Waals surface area contributed by atoms with E-state index in [1.807, 2.05) is 0 Å². The van der Waals surface area contributed by atoms with Gasteiger partial charge in [-0.1, -0.05) is 0 Å². The van der Waals surface area contributed by atoms with E-state index in [-0.39, 0.29) is 0 Å². The molecule has 0 aromatic heterocycles. The highest BCUT2D eigenvalue weighted by Crippen LogP contribution is 2.05. The van der Waals surface area contributed by atoms with Crippen molar-refractivity contribution >= 4 is 6.09 Å². The van der Waals surface area contributed by atoms with Crippen molar-refractivity contribution in [3.05, 3.63) is 0 Å². The van der Waals surface area contributed by atoms with Gasteiger partial charge < -0.3 is 20.9 Å². The van der Waals surface area contributed by atoms with Gasteiger partial charge in [0.25, 0.3) is 0 Å². The molecular weight excluding hydrogens is 198 g/mol. The van der Waals surface area contributed by atoms with Gasteiger partial charge in [0.05, 0.1) is 13.2 Å². The lowest BCUT2D eigenvalue weighted by Gasteiger charge is -2.14. The molecule has 1 aliphatic heterocycles. The number of nitrogens with zero attached hydrogens (tertiary/aromatic N) is 1. The van der Waals surface area contributed by atoms with Gasteiger partial charge in [-0.3, -0.25) is 4.90 Å². The van der Waals surface area contributed by atoms with Gasteiger partial charge in [0.2, 0.25) is 0 Å². The molecule has 0 bridgehead atoms. The zero-order valence-corrected chi connectivity index (χ0v) is 8.82. The van der Waals surface area contributed by atoms with Crippen molar-refractivity contribution in [2.24, 2.45) is 5.73 Å². The molecule has 1 heterocycles. The van der Waals surface area contributed by atoms with E-state index in [1.54, 1.807) is 0 Å². The van der Waals surface area contributed by atoms with Gasteiger partial charge in [-0.05, 0) is 13.0 Å². The molecule has 4 N–H and O–H groups in total. The number of hydrogen-bond acceptors (Lipinski definition) is 4. The van der Waals surface area contributed by atoms with Crippen LogP contribution >= 0.6 is 0 Å². The molecule has 1 rings (SSSR count). The maximum Gasteiger partial charge on any atom is 0.404 e. The fourth-order valence-electron chi connectivity index (χ4n) is 1.59. The van der Waals surface area contributed by atoms with E-state index in [0.717, 1.165) is 26.1 Å². The van der Waals surface area contributed by atoms with E-state index in [0.29, 0.717) is 25.8 Å². The van der Waals surface area contributed by atoms with Crippen LogP contribution in [0, 0.1) is 0 Å². The smallest absolute Gasteiger partial charge is 0.404 e. The lowest BCUT2D eigenvalue weighted by atomic mass is 10.3. The lowest BCUT2D eigenvalue weighted by molar-refractivity contribution is 0.111. The second-order valence-electron chi connectivity index (χ2n) is 3.69. The lowest BCUT2D eigenvalue weighted by Crippen LogP contribution is -2.30. The molecule has 1 amide bonds. The summed E-state index contributed by atoms with van der Waals surface area (Å²) in [7, 11) is 0. The number of carbonyl (C=O) groups is 1. The largest absolute Gasteiger partial charge is 0.465 e. The van der Waals surface area contributed by atoms with Crippen LogP contribution in [0.15, 0.2) is 0 Å². The van der Waals surface area contributed by atoms with Crippen molar-refractivity contribution in [1.82, 2.24) is 10.2 Å². The second-order valence-corrected chi connectivity index (χ2v) is 3.69. The molecule has 88 valence electrons. The Bertz CT molecular complexity index is 201. The number of hydrogen-bond donors (Lipinski definition) is 3. The molecule has 0 aromatic rings. The third-order valence-electron chi connectivity index (χ3n) is 2.38. The predicted octanol–water partition coefficient (Wildman–Crippen LogP) is -0.696. The topological polar surface area (TPSA) is 87.8 Å². The van der Waals surface area contributed by atoms with Gasteiger partial charge in [-0.15, -0.1) is 0 Å². The third kappa shape index (κ3) is 5.56. The van der Waals surface area contributed by atoms with Crippen molar-refractivity contribution in [2.75, 3.05) is 39.4 Å². The minimum Gasteiger partial charge on any atom is -0.465 e. The normalized spacial score (nSPS) is 21.8. The van der Waals surface area contributed by atoms with Crippen molar-refractivity contribution in [1.29, 1.82) is 0 Å². The molecule has 6 nitrogen and oxygen atoms in total. The van der Waals surface area contributed by atoms with Crippen molar-refractivity contribution in [3.63, 3.8) is 0 Å². The molecule has 1 fully saturated rings. The minimum atomic E-state index is -1.01. The summed E-state index contributed by atoms with van der Waals surface area (Å²) in [6.45, 7) is 4.25. The number of amides is 1. The minimum absolute atomic E-state index is 0.304. The Hall–Kier alpha value is -0.850. The second kappa shape index (κ2) is 6.60. The molecule has 0 aromatic carbocycles. The molecule has 0 saturated carbocycles. The maximum atomic E-state index is 10.1. The highest BCUT2D eigenvalue weighted by Gasteiger charge is 2.17. The SMILES string of the molecule is N[C@H]1CCN(CCOCCNC(=O)O)C1. The van der Waals surface area contributed by atoms with E-state index in [9.17, 15) is 4.79 Å². The summed E-state index contributed by atoms with van der Waals surface area (Å²) in [5.74, 6) is 0. The first-order chi connectivity index (χ1) is 7.18. The average molecular weight is 217 g/mol. The number of carboxylic acid groups (broad SMARTS) is 1. The van der Waals surface area contributed by atoms with Crippen molar-refractivity contribution < 1.29 is 14.6 Å². The first-order valence-electron chi connectivity index (χ1n) is 5.21. The number of nitrogens with one attached hydrogen (secondary N) is 1. The summed E-state index contributed by atoms with van der Waals surface area (Å²) in [6.07, 6.45) is 0.0460. The maximum absolute atomic E-state index is 10.1. The number of rotatable bonds is 6. The molecule has 15 heavy (non-hydrogen) atoms. The average Bonchev–Trinajstić information content (AvgIpc) is 2.57. The molecule has 0 radical (unpaired) electrons. The Morgan fingerprint density at radius 1 is 1.60 bits per heavy atom. The van der Waals surface area contributed by atoms with Crippen LogP contribution in [0.25, 0.3) is 0 Å². The number of ether oxygens (including phenoxy) is 1. The summed E-state index contributed by atoms with van der Waals surface area (Å²) in [6, 6.07) is 0.304. The Morgan fingerprint density at radius 3 is 3.00 bits per heavy atom. The number of nitrogens with two attached hydrogens (primary N) is 1. The van der Waals surface area contributed by atoms with E-state index < -0.39 is 6.09 Å². The Labute approximate surface area is 89.4 Å². The van der Waals surface area contributed by atoms with Gasteiger partial charge >= 0.3 is 6.09 Å². The number of likely N-dealkylation sites (tertiary alicyclic amines) is 1. The van der Waals surface area contributed by atoms with Crippen LogP contribution in [-0.4, -0.2) is 61.5 Å². The third-order valence-corrected chi connectivity index (χ3v) is 2.38. The monoisotopic (exact) mass is 217 g/mol. The van der Waals surface area contributed by atoms with E-state index in [1.165, 1.54) is 0 Å².